The topological polar surface area (TPSA) is 123 Å². The molecule has 2 N–H and O–H groups in total. The van der Waals surface area contributed by atoms with Gasteiger partial charge in [0.15, 0.2) is 11.5 Å². The maximum absolute atomic E-state index is 13.9. The van der Waals surface area contributed by atoms with Gasteiger partial charge in [0, 0.05) is 24.8 Å². The summed E-state index contributed by atoms with van der Waals surface area (Å²) in [5, 5.41) is 13.1. The van der Waals surface area contributed by atoms with E-state index in [1.807, 2.05) is 0 Å². The van der Waals surface area contributed by atoms with E-state index in [9.17, 15) is 18.8 Å². The molecule has 180 valence electrons. The van der Waals surface area contributed by atoms with Crippen molar-refractivity contribution in [2.75, 3.05) is 30.5 Å². The van der Waals surface area contributed by atoms with Gasteiger partial charge in [0.1, 0.15) is 5.82 Å². The van der Waals surface area contributed by atoms with E-state index in [2.05, 4.69) is 20.8 Å². The molecule has 1 atom stereocenters. The first-order chi connectivity index (χ1) is 17.0. The second-order valence-electron chi connectivity index (χ2n) is 7.99. The molecule has 1 aromatic heterocycles. The minimum absolute atomic E-state index is 0.0249. The van der Waals surface area contributed by atoms with Crippen LogP contribution in [-0.4, -0.2) is 52.7 Å². The summed E-state index contributed by atoms with van der Waals surface area (Å²) in [6, 6.07) is 10.9. The Balaban J connectivity index is 1.21. The Bertz CT molecular complexity index is 1300. The van der Waals surface area contributed by atoms with Gasteiger partial charge in [-0.25, -0.2) is 4.39 Å². The SMILES string of the molecule is O=C(Nc1ccc2c(c1)OCO2)c1nnc(C(=O)N2CCC[C@H](C(=O)Nc3ccccc3F)C2)s1. The number of piperidine rings is 1. The summed E-state index contributed by atoms with van der Waals surface area (Å²) in [6.45, 7) is 0.731. The monoisotopic (exact) mass is 497 g/mol. The quantitative estimate of drug-likeness (QED) is 0.555. The zero-order valence-corrected chi connectivity index (χ0v) is 19.1. The molecule has 2 aliphatic rings. The smallest absolute Gasteiger partial charge is 0.286 e. The Kier molecular flexibility index (Phi) is 6.27. The third kappa shape index (κ3) is 4.92. The molecule has 1 fully saturated rings. The maximum Gasteiger partial charge on any atom is 0.286 e. The van der Waals surface area contributed by atoms with Gasteiger partial charge < -0.3 is 25.0 Å². The van der Waals surface area contributed by atoms with Crippen LogP contribution >= 0.6 is 11.3 Å². The standard InChI is InChI=1S/C23H20FN5O5S/c24-15-5-1-2-6-16(15)26-19(30)13-4-3-9-29(11-13)23(32)22-28-27-21(35-22)20(31)25-14-7-8-17-18(10-14)34-12-33-17/h1-2,5-8,10,13H,3-4,9,11-12H2,(H,25,31)(H,26,30)/t13-/m0/s1. The molecule has 0 saturated carbocycles. The van der Waals surface area contributed by atoms with Crippen LogP contribution in [0.2, 0.25) is 0 Å². The van der Waals surface area contributed by atoms with Crippen LogP contribution < -0.4 is 20.1 Å². The summed E-state index contributed by atoms with van der Waals surface area (Å²) >= 11 is 0.870. The van der Waals surface area contributed by atoms with Gasteiger partial charge in [0.25, 0.3) is 11.8 Å². The number of fused-ring (bicyclic) bond motifs is 1. The number of carbonyl (C=O) groups excluding carboxylic acids is 3. The van der Waals surface area contributed by atoms with Gasteiger partial charge in [-0.1, -0.05) is 23.5 Å². The number of ether oxygens (including phenoxy) is 2. The second-order valence-corrected chi connectivity index (χ2v) is 8.97. The molecule has 2 aliphatic heterocycles. The molecule has 0 spiro atoms. The number of likely N-dealkylation sites (tertiary alicyclic amines) is 1. The van der Waals surface area contributed by atoms with Crippen LogP contribution in [0.3, 0.4) is 0 Å². The molecule has 5 rings (SSSR count). The van der Waals surface area contributed by atoms with Crippen LogP contribution in [0.1, 0.15) is 32.4 Å². The predicted molar refractivity (Wildman–Crippen MR) is 124 cm³/mol. The molecule has 1 saturated heterocycles. The molecule has 0 unspecified atom stereocenters. The molecule has 3 heterocycles. The Labute approximate surface area is 203 Å². The lowest BCUT2D eigenvalue weighted by Crippen LogP contribution is -2.43. The Morgan fingerprint density at radius 2 is 1.83 bits per heavy atom. The third-order valence-electron chi connectivity index (χ3n) is 5.64. The molecule has 35 heavy (non-hydrogen) atoms. The first kappa shape index (κ1) is 22.7. The van der Waals surface area contributed by atoms with Crippen molar-refractivity contribution in [2.24, 2.45) is 5.92 Å². The molecule has 2 aromatic carbocycles. The van der Waals surface area contributed by atoms with E-state index in [4.69, 9.17) is 9.47 Å². The highest BCUT2D eigenvalue weighted by atomic mass is 32.1. The van der Waals surface area contributed by atoms with Crippen molar-refractivity contribution in [1.29, 1.82) is 0 Å². The maximum atomic E-state index is 13.9. The summed E-state index contributed by atoms with van der Waals surface area (Å²) in [6.07, 6.45) is 1.18. The lowest BCUT2D eigenvalue weighted by molar-refractivity contribution is -0.121. The number of nitrogens with zero attached hydrogens (tertiary/aromatic N) is 3. The van der Waals surface area contributed by atoms with E-state index in [0.717, 1.165) is 11.3 Å². The predicted octanol–water partition coefficient (Wildman–Crippen LogP) is 3.15. The van der Waals surface area contributed by atoms with Crippen LogP contribution in [0, 0.1) is 11.7 Å². The van der Waals surface area contributed by atoms with E-state index >= 15 is 0 Å². The van der Waals surface area contributed by atoms with Crippen molar-refractivity contribution in [3.8, 4) is 11.5 Å². The molecule has 3 aromatic rings. The summed E-state index contributed by atoms with van der Waals surface area (Å²) in [5.74, 6) is -1.18. The number of hydrogen-bond acceptors (Lipinski definition) is 8. The molecular weight excluding hydrogens is 477 g/mol. The zero-order chi connectivity index (χ0) is 24.4. The molecule has 0 radical (unpaired) electrons. The van der Waals surface area contributed by atoms with Crippen molar-refractivity contribution >= 4 is 40.4 Å². The van der Waals surface area contributed by atoms with Gasteiger partial charge in [0.05, 0.1) is 11.6 Å². The number of nitrogens with one attached hydrogen (secondary N) is 2. The van der Waals surface area contributed by atoms with Crippen molar-refractivity contribution in [3.05, 3.63) is 58.3 Å². The number of aromatic nitrogens is 2. The fourth-order valence-corrected chi connectivity index (χ4v) is 4.58. The number of hydrogen-bond donors (Lipinski definition) is 2. The van der Waals surface area contributed by atoms with Crippen molar-refractivity contribution < 1.29 is 28.2 Å². The molecule has 10 nitrogen and oxygen atoms in total. The van der Waals surface area contributed by atoms with Crippen LogP contribution in [0.5, 0.6) is 11.5 Å². The van der Waals surface area contributed by atoms with Crippen molar-refractivity contribution in [2.45, 2.75) is 12.8 Å². The highest BCUT2D eigenvalue weighted by Crippen LogP contribution is 2.34. The Morgan fingerprint density at radius 3 is 2.69 bits per heavy atom. The number of para-hydroxylation sites is 1. The molecular formula is C23H20FN5O5S. The summed E-state index contributed by atoms with van der Waals surface area (Å²) in [5.41, 5.74) is 0.588. The van der Waals surface area contributed by atoms with Gasteiger partial charge >= 0.3 is 0 Å². The number of halogens is 1. The largest absolute Gasteiger partial charge is 0.454 e. The molecule has 0 aliphatic carbocycles. The molecule has 0 bridgehead atoms. The Morgan fingerprint density at radius 1 is 1.03 bits per heavy atom. The number of anilines is 2. The van der Waals surface area contributed by atoms with E-state index in [1.54, 1.807) is 24.3 Å². The lowest BCUT2D eigenvalue weighted by Gasteiger charge is -2.31. The van der Waals surface area contributed by atoms with Gasteiger partial charge in [0.2, 0.25) is 22.7 Å². The van der Waals surface area contributed by atoms with E-state index in [0.29, 0.717) is 36.6 Å². The van der Waals surface area contributed by atoms with E-state index in [1.165, 1.54) is 23.1 Å². The summed E-state index contributed by atoms with van der Waals surface area (Å²) in [7, 11) is 0. The normalized spacial score (nSPS) is 16.6. The number of benzene rings is 2. The van der Waals surface area contributed by atoms with Gasteiger partial charge in [-0.15, -0.1) is 10.2 Å². The van der Waals surface area contributed by atoms with Crippen LogP contribution in [0.15, 0.2) is 42.5 Å². The highest BCUT2D eigenvalue weighted by Gasteiger charge is 2.31. The first-order valence-electron chi connectivity index (χ1n) is 10.9. The highest BCUT2D eigenvalue weighted by molar-refractivity contribution is 7.15. The molecule has 12 heteroatoms. The van der Waals surface area contributed by atoms with Gasteiger partial charge in [-0.2, -0.15) is 0 Å². The van der Waals surface area contributed by atoms with Gasteiger partial charge in [-0.3, -0.25) is 14.4 Å². The summed E-state index contributed by atoms with van der Waals surface area (Å²) in [4.78, 5) is 39.7. The van der Waals surface area contributed by atoms with Crippen LogP contribution in [-0.2, 0) is 4.79 Å². The number of carbonyl (C=O) groups is 3. The van der Waals surface area contributed by atoms with Crippen LogP contribution in [0.25, 0.3) is 0 Å². The second kappa shape index (κ2) is 9.66. The summed E-state index contributed by atoms with van der Waals surface area (Å²) < 4.78 is 24.4. The third-order valence-corrected chi connectivity index (χ3v) is 6.55. The Hall–Kier alpha value is -4.06. The van der Waals surface area contributed by atoms with Gasteiger partial charge in [-0.05, 0) is 37.1 Å². The minimum Gasteiger partial charge on any atom is -0.454 e. The average molecular weight is 498 g/mol. The average Bonchev–Trinajstić information content (AvgIpc) is 3.55. The lowest BCUT2D eigenvalue weighted by atomic mass is 9.97. The van der Waals surface area contributed by atoms with Crippen molar-refractivity contribution in [3.63, 3.8) is 0 Å². The van der Waals surface area contributed by atoms with E-state index in [-0.39, 0.29) is 34.9 Å². The first-order valence-corrected chi connectivity index (χ1v) is 11.7. The molecule has 3 amide bonds. The van der Waals surface area contributed by atoms with E-state index < -0.39 is 23.5 Å². The fourth-order valence-electron chi connectivity index (χ4n) is 3.87. The number of rotatable bonds is 5. The van der Waals surface area contributed by atoms with Crippen molar-refractivity contribution in [1.82, 2.24) is 15.1 Å². The van der Waals surface area contributed by atoms with Crippen LogP contribution in [0.4, 0.5) is 15.8 Å². The minimum atomic E-state index is -0.523. The fraction of sp³-hybridized carbons (Fsp3) is 0.261. The number of amides is 3. The zero-order valence-electron chi connectivity index (χ0n) is 18.3.